The molecule has 1 aromatic rings. The third kappa shape index (κ3) is 3.83. The normalized spacial score (nSPS) is 29.0. The average molecular weight is 319 g/mol. The molecule has 3 unspecified atom stereocenters. The molecule has 3 rings (SSSR count). The van der Waals surface area contributed by atoms with Gasteiger partial charge in [-0.15, -0.1) is 11.8 Å². The van der Waals surface area contributed by atoms with Gasteiger partial charge in [0.25, 0.3) is 0 Å². The number of rotatable bonds is 5. The summed E-state index contributed by atoms with van der Waals surface area (Å²) < 4.78 is 0. The number of hydrogen-bond donors (Lipinski definition) is 2. The van der Waals surface area contributed by atoms with E-state index < -0.39 is 0 Å². The number of amides is 1. The molecule has 2 saturated heterocycles. The van der Waals surface area contributed by atoms with Crippen LogP contribution in [0.5, 0.6) is 0 Å². The number of carbonyl (C=O) groups excluding carboxylic acids is 1. The van der Waals surface area contributed by atoms with Gasteiger partial charge in [-0.25, -0.2) is 0 Å². The van der Waals surface area contributed by atoms with Gasteiger partial charge in [0.1, 0.15) is 5.50 Å². The number of hydrogen-bond acceptors (Lipinski definition) is 4. The summed E-state index contributed by atoms with van der Waals surface area (Å²) in [7, 11) is 0. The first-order chi connectivity index (χ1) is 10.8. The molecular formula is C17H25N3OS. The highest BCUT2D eigenvalue weighted by Gasteiger charge is 2.39. The molecule has 0 saturated carbocycles. The van der Waals surface area contributed by atoms with E-state index in [9.17, 15) is 4.79 Å². The summed E-state index contributed by atoms with van der Waals surface area (Å²) in [5.74, 6) is 1.24. The predicted octanol–water partition coefficient (Wildman–Crippen LogP) is 2.02. The highest BCUT2D eigenvalue weighted by molar-refractivity contribution is 7.99. The molecule has 0 radical (unpaired) electrons. The van der Waals surface area contributed by atoms with E-state index in [4.69, 9.17) is 0 Å². The summed E-state index contributed by atoms with van der Waals surface area (Å²) in [5, 5.41) is 6.76. The van der Waals surface area contributed by atoms with Gasteiger partial charge in [-0.2, -0.15) is 0 Å². The minimum Gasteiger partial charge on any atom is -0.331 e. The zero-order chi connectivity index (χ0) is 15.4. The highest BCUT2D eigenvalue weighted by Crippen LogP contribution is 2.25. The lowest BCUT2D eigenvalue weighted by Crippen LogP contribution is -2.64. The molecule has 2 aliphatic rings. The number of nitrogens with one attached hydrogen (secondary N) is 2. The smallest absolute Gasteiger partial charge is 0.227 e. The largest absolute Gasteiger partial charge is 0.331 e. The van der Waals surface area contributed by atoms with Crippen molar-refractivity contribution >= 4 is 17.7 Å². The Morgan fingerprint density at radius 2 is 2.14 bits per heavy atom. The Hall–Kier alpha value is -1.04. The standard InChI is InChI=1S/C17H25N3OS/c1-2-9-20-10-8-15-14(11-20)16(21)19-17(18-15)22-12-13-6-4-3-5-7-13/h3-7,14-15,17-18H,2,8-12H2,1H3,(H,19,21). The Balaban J connectivity index is 1.53. The SMILES string of the molecule is CCCN1CCC2NC(SCc3ccccc3)NC(=O)C2C1. The minimum absolute atomic E-state index is 0.0340. The molecule has 0 aromatic heterocycles. The lowest BCUT2D eigenvalue weighted by Gasteiger charge is -2.43. The molecule has 120 valence electrons. The van der Waals surface area contributed by atoms with E-state index in [1.54, 1.807) is 11.8 Å². The molecule has 2 fully saturated rings. The van der Waals surface area contributed by atoms with Gasteiger partial charge in [0.05, 0.1) is 5.92 Å². The van der Waals surface area contributed by atoms with Gasteiger partial charge < -0.3 is 10.2 Å². The van der Waals surface area contributed by atoms with Crippen LogP contribution < -0.4 is 10.6 Å². The van der Waals surface area contributed by atoms with Crippen LogP contribution in [0.15, 0.2) is 30.3 Å². The third-order valence-electron chi connectivity index (χ3n) is 4.47. The van der Waals surface area contributed by atoms with Crippen LogP contribution in [0.1, 0.15) is 25.3 Å². The van der Waals surface area contributed by atoms with E-state index in [0.717, 1.165) is 38.2 Å². The maximum Gasteiger partial charge on any atom is 0.227 e. The van der Waals surface area contributed by atoms with Gasteiger partial charge in [0.15, 0.2) is 0 Å². The maximum absolute atomic E-state index is 12.4. The Morgan fingerprint density at radius 3 is 2.91 bits per heavy atom. The van der Waals surface area contributed by atoms with Crippen LogP contribution in [0.4, 0.5) is 0 Å². The molecule has 0 bridgehead atoms. The van der Waals surface area contributed by atoms with Crippen LogP contribution in [0.3, 0.4) is 0 Å². The average Bonchev–Trinajstić information content (AvgIpc) is 2.55. The van der Waals surface area contributed by atoms with Gasteiger partial charge >= 0.3 is 0 Å². The molecule has 3 atom stereocenters. The summed E-state index contributed by atoms with van der Waals surface area (Å²) in [4.78, 5) is 14.8. The molecular weight excluding hydrogens is 294 g/mol. The minimum atomic E-state index is 0.0340. The van der Waals surface area contributed by atoms with Crippen molar-refractivity contribution in [1.82, 2.24) is 15.5 Å². The van der Waals surface area contributed by atoms with Gasteiger partial charge in [0.2, 0.25) is 5.91 Å². The summed E-state index contributed by atoms with van der Waals surface area (Å²) in [5.41, 5.74) is 1.33. The number of thioether (sulfide) groups is 1. The third-order valence-corrected chi connectivity index (χ3v) is 5.56. The molecule has 1 aromatic carbocycles. The van der Waals surface area contributed by atoms with E-state index in [0.29, 0.717) is 6.04 Å². The molecule has 0 spiro atoms. The monoisotopic (exact) mass is 319 g/mol. The Morgan fingerprint density at radius 1 is 1.32 bits per heavy atom. The van der Waals surface area contributed by atoms with E-state index in [1.165, 1.54) is 5.56 Å². The van der Waals surface area contributed by atoms with E-state index in [-0.39, 0.29) is 17.3 Å². The van der Waals surface area contributed by atoms with Crippen molar-refractivity contribution in [1.29, 1.82) is 0 Å². The fraction of sp³-hybridized carbons (Fsp3) is 0.588. The molecule has 1 amide bonds. The van der Waals surface area contributed by atoms with Crippen molar-refractivity contribution in [2.45, 2.75) is 37.1 Å². The van der Waals surface area contributed by atoms with Crippen molar-refractivity contribution < 1.29 is 4.79 Å². The second kappa shape index (κ2) is 7.49. The Kier molecular flexibility index (Phi) is 5.39. The predicted molar refractivity (Wildman–Crippen MR) is 91.4 cm³/mol. The van der Waals surface area contributed by atoms with Gasteiger partial charge in [-0.05, 0) is 31.5 Å². The second-order valence-electron chi connectivity index (χ2n) is 6.15. The van der Waals surface area contributed by atoms with Gasteiger partial charge in [-0.3, -0.25) is 10.1 Å². The molecule has 4 nitrogen and oxygen atoms in total. The molecule has 0 aliphatic carbocycles. The van der Waals surface area contributed by atoms with Crippen molar-refractivity contribution in [2.24, 2.45) is 5.92 Å². The molecule has 2 aliphatic heterocycles. The zero-order valence-corrected chi connectivity index (χ0v) is 13.9. The van der Waals surface area contributed by atoms with E-state index in [1.807, 2.05) is 6.07 Å². The topological polar surface area (TPSA) is 44.4 Å². The number of fused-ring (bicyclic) bond motifs is 1. The van der Waals surface area contributed by atoms with E-state index >= 15 is 0 Å². The second-order valence-corrected chi connectivity index (χ2v) is 7.25. The maximum atomic E-state index is 12.4. The Labute approximate surface area is 137 Å². The van der Waals surface area contributed by atoms with Gasteiger partial charge in [0, 0.05) is 18.3 Å². The van der Waals surface area contributed by atoms with Gasteiger partial charge in [-0.1, -0.05) is 37.3 Å². The van der Waals surface area contributed by atoms with Crippen molar-refractivity contribution in [3.05, 3.63) is 35.9 Å². The lowest BCUT2D eigenvalue weighted by molar-refractivity contribution is -0.130. The van der Waals surface area contributed by atoms with Crippen molar-refractivity contribution in [3.63, 3.8) is 0 Å². The number of benzene rings is 1. The van der Waals surface area contributed by atoms with Crippen LogP contribution in [0, 0.1) is 5.92 Å². The lowest BCUT2D eigenvalue weighted by atomic mass is 9.90. The van der Waals surface area contributed by atoms with Crippen molar-refractivity contribution in [3.8, 4) is 0 Å². The summed E-state index contributed by atoms with van der Waals surface area (Å²) in [6.45, 7) is 5.29. The first-order valence-corrected chi connectivity index (χ1v) is 9.25. The fourth-order valence-electron chi connectivity index (χ4n) is 3.32. The highest BCUT2D eigenvalue weighted by atomic mass is 32.2. The first-order valence-electron chi connectivity index (χ1n) is 8.20. The number of piperidine rings is 1. The zero-order valence-electron chi connectivity index (χ0n) is 13.1. The van der Waals surface area contributed by atoms with Crippen LogP contribution in [-0.4, -0.2) is 42.0 Å². The Bertz CT molecular complexity index is 496. The fourth-order valence-corrected chi connectivity index (χ4v) is 4.34. The van der Waals surface area contributed by atoms with Crippen LogP contribution in [-0.2, 0) is 10.5 Å². The summed E-state index contributed by atoms with van der Waals surface area (Å²) in [6, 6.07) is 10.7. The molecule has 5 heteroatoms. The first kappa shape index (κ1) is 15.8. The number of likely N-dealkylation sites (tertiary alicyclic amines) is 1. The van der Waals surface area contributed by atoms with Crippen LogP contribution >= 0.6 is 11.8 Å². The number of carbonyl (C=O) groups is 1. The van der Waals surface area contributed by atoms with Crippen LogP contribution in [0.25, 0.3) is 0 Å². The quantitative estimate of drug-likeness (QED) is 0.871. The van der Waals surface area contributed by atoms with Crippen molar-refractivity contribution in [2.75, 3.05) is 19.6 Å². The summed E-state index contributed by atoms with van der Waals surface area (Å²) in [6.07, 6.45) is 2.22. The van der Waals surface area contributed by atoms with E-state index in [2.05, 4.69) is 46.7 Å². The molecule has 22 heavy (non-hydrogen) atoms. The van der Waals surface area contributed by atoms with Crippen LogP contribution in [0.2, 0.25) is 0 Å². The molecule has 2 N–H and O–H groups in total. The number of nitrogens with zero attached hydrogens (tertiary/aromatic N) is 1. The summed E-state index contributed by atoms with van der Waals surface area (Å²) >= 11 is 1.76. The molecule has 2 heterocycles.